The highest BCUT2D eigenvalue weighted by Crippen LogP contribution is 2.35. The van der Waals surface area contributed by atoms with Crippen molar-refractivity contribution < 1.29 is 31.8 Å². The van der Waals surface area contributed by atoms with Crippen molar-refractivity contribution in [3.8, 4) is 0 Å². The average Bonchev–Trinajstić information content (AvgIpc) is 3.17. The van der Waals surface area contributed by atoms with Gasteiger partial charge in [0.25, 0.3) is 0 Å². The number of aliphatic hydroxyl groups excluding tert-OH is 2. The number of hydrogen-bond donors (Lipinski definition) is 4. The Kier molecular flexibility index (Phi) is 7.72. The first-order chi connectivity index (χ1) is 16.3. The largest absolute Gasteiger partial charge is 0.433 e. The molecule has 3 aromatic rings. The molecule has 0 fully saturated rings. The highest BCUT2D eigenvalue weighted by atomic mass is 32.2. The molecule has 192 valence electrons. The van der Waals surface area contributed by atoms with Gasteiger partial charge in [0.2, 0.25) is 5.95 Å². The fourth-order valence-corrected chi connectivity index (χ4v) is 4.69. The van der Waals surface area contributed by atoms with E-state index in [2.05, 4.69) is 25.3 Å². The Morgan fingerprint density at radius 1 is 1.20 bits per heavy atom. The van der Waals surface area contributed by atoms with Crippen LogP contribution in [0.1, 0.15) is 68.4 Å². The number of fused-ring (bicyclic) bond motifs is 1. The number of hydrogen-bond acceptors (Lipinski definition) is 8. The van der Waals surface area contributed by atoms with Crippen LogP contribution in [0.3, 0.4) is 0 Å². The summed E-state index contributed by atoms with van der Waals surface area (Å²) in [6.45, 7) is 4.88. The Labute approximate surface area is 200 Å². The fourth-order valence-electron chi connectivity index (χ4n) is 3.77. The summed E-state index contributed by atoms with van der Waals surface area (Å²) in [6, 6.07) is 2.16. The van der Waals surface area contributed by atoms with Gasteiger partial charge in [-0.25, -0.2) is 23.4 Å². The van der Waals surface area contributed by atoms with E-state index in [1.165, 1.54) is 12.1 Å². The van der Waals surface area contributed by atoms with Crippen molar-refractivity contribution in [3.63, 3.8) is 0 Å². The van der Waals surface area contributed by atoms with Crippen molar-refractivity contribution in [1.29, 1.82) is 0 Å². The van der Waals surface area contributed by atoms with Crippen LogP contribution in [-0.4, -0.2) is 44.8 Å². The molecule has 2 aromatic heterocycles. The van der Waals surface area contributed by atoms with E-state index in [-0.39, 0.29) is 34.3 Å². The number of sulfone groups is 1. The van der Waals surface area contributed by atoms with Crippen LogP contribution in [0.2, 0.25) is 0 Å². The van der Waals surface area contributed by atoms with E-state index in [4.69, 9.17) is 0 Å². The Balaban J connectivity index is 2.03. The smallest absolute Gasteiger partial charge is 0.392 e. The van der Waals surface area contributed by atoms with Crippen LogP contribution in [0, 0.1) is 5.92 Å². The van der Waals surface area contributed by atoms with E-state index in [0.29, 0.717) is 23.3 Å². The minimum absolute atomic E-state index is 0.0565. The van der Waals surface area contributed by atoms with Gasteiger partial charge in [0.1, 0.15) is 5.82 Å². The minimum atomic E-state index is -4.79. The summed E-state index contributed by atoms with van der Waals surface area (Å²) < 4.78 is 65.2. The van der Waals surface area contributed by atoms with Gasteiger partial charge >= 0.3 is 6.18 Å². The Bertz CT molecular complexity index is 1310. The number of anilines is 1. The van der Waals surface area contributed by atoms with E-state index in [1.807, 2.05) is 13.8 Å². The summed E-state index contributed by atoms with van der Waals surface area (Å²) in [4.78, 5) is 15.1. The molecule has 0 saturated carbocycles. The van der Waals surface area contributed by atoms with Crippen LogP contribution >= 0.6 is 0 Å². The minimum Gasteiger partial charge on any atom is -0.392 e. The number of rotatable bonds is 9. The van der Waals surface area contributed by atoms with Gasteiger partial charge in [0.05, 0.1) is 34.7 Å². The molecule has 9 nitrogen and oxygen atoms in total. The van der Waals surface area contributed by atoms with Crippen molar-refractivity contribution >= 4 is 26.8 Å². The van der Waals surface area contributed by atoms with E-state index in [9.17, 15) is 31.8 Å². The maximum absolute atomic E-state index is 13.7. The summed E-state index contributed by atoms with van der Waals surface area (Å²) in [6.07, 6.45) is -3.52. The Morgan fingerprint density at radius 2 is 1.89 bits per heavy atom. The highest BCUT2D eigenvalue weighted by Gasteiger charge is 2.38. The van der Waals surface area contributed by atoms with Crippen LogP contribution in [0.5, 0.6) is 0 Å². The number of nitrogens with zero attached hydrogens (tertiary/aromatic N) is 3. The normalized spacial score (nSPS) is 14.5. The van der Waals surface area contributed by atoms with Crippen LogP contribution in [0.25, 0.3) is 11.0 Å². The maximum atomic E-state index is 13.7. The van der Waals surface area contributed by atoms with E-state index < -0.39 is 40.5 Å². The molecular weight excluding hydrogens is 487 g/mol. The lowest BCUT2D eigenvalue weighted by Crippen LogP contribution is -2.22. The van der Waals surface area contributed by atoms with Crippen LogP contribution in [-0.2, 0) is 22.6 Å². The van der Waals surface area contributed by atoms with Gasteiger partial charge in [0, 0.05) is 18.0 Å². The number of halogens is 3. The monoisotopic (exact) mass is 515 g/mol. The molecule has 0 radical (unpaired) electrons. The molecule has 0 bridgehead atoms. The van der Waals surface area contributed by atoms with E-state index >= 15 is 0 Å². The summed E-state index contributed by atoms with van der Waals surface area (Å²) in [5.41, 5.74) is -0.629. The van der Waals surface area contributed by atoms with Gasteiger partial charge in [-0.15, -0.1) is 0 Å². The van der Waals surface area contributed by atoms with Gasteiger partial charge in [-0.2, -0.15) is 13.2 Å². The number of aromatic nitrogens is 4. The predicted molar refractivity (Wildman–Crippen MR) is 123 cm³/mol. The summed E-state index contributed by atoms with van der Waals surface area (Å²) in [7, 11) is -3.62. The molecule has 0 saturated heterocycles. The van der Waals surface area contributed by atoms with Crippen LogP contribution in [0.4, 0.5) is 19.1 Å². The van der Waals surface area contributed by atoms with Gasteiger partial charge in [0.15, 0.2) is 15.5 Å². The lowest BCUT2D eigenvalue weighted by molar-refractivity contribution is -0.142. The predicted octanol–water partition coefficient (Wildman–Crippen LogP) is 3.91. The molecule has 0 aliphatic carbocycles. The van der Waals surface area contributed by atoms with Crippen LogP contribution in [0.15, 0.2) is 23.2 Å². The van der Waals surface area contributed by atoms with E-state index in [0.717, 1.165) is 12.5 Å². The zero-order chi connectivity index (χ0) is 26.1. The summed E-state index contributed by atoms with van der Waals surface area (Å²) in [5.74, 6) is -0.154. The van der Waals surface area contributed by atoms with Crippen molar-refractivity contribution in [1.82, 2.24) is 19.9 Å². The second-order valence-electron chi connectivity index (χ2n) is 8.70. The number of aliphatic hydroxyl groups is 2. The maximum Gasteiger partial charge on any atom is 0.433 e. The lowest BCUT2D eigenvalue weighted by Gasteiger charge is -2.22. The molecule has 0 amide bonds. The second-order valence-corrected chi connectivity index (χ2v) is 10.7. The average molecular weight is 516 g/mol. The molecule has 0 aliphatic heterocycles. The zero-order valence-electron chi connectivity index (χ0n) is 19.7. The number of aromatic amines is 1. The van der Waals surface area contributed by atoms with Crippen LogP contribution < -0.4 is 5.32 Å². The standard InChI is InChI=1S/C22H28F3N5O4S/c1-5-6-16(32)13-9-26-21(30-19(13)22(23,24)25)29-18(11(2)3)20-27-14-7-12(10-31)17(35(4,33)34)8-15(14)28-20/h7-9,11,16,18,31-32H,5-6,10H2,1-4H3,(H,27,28)(H,26,29,30). The number of benzene rings is 1. The third-order valence-corrected chi connectivity index (χ3v) is 6.68. The number of nitrogens with one attached hydrogen (secondary N) is 2. The SMILES string of the molecule is CCCC(O)c1cnc(NC(c2nc3cc(S(C)(=O)=O)c(CO)cc3[nH]2)C(C)C)nc1C(F)(F)F. The zero-order valence-corrected chi connectivity index (χ0v) is 20.5. The molecule has 4 N–H and O–H groups in total. The third-order valence-electron chi connectivity index (χ3n) is 5.50. The number of imidazole rings is 1. The third kappa shape index (κ3) is 5.90. The van der Waals surface area contributed by atoms with Gasteiger partial charge in [-0.1, -0.05) is 27.2 Å². The molecule has 2 heterocycles. The van der Waals surface area contributed by atoms with Crippen molar-refractivity contribution in [2.24, 2.45) is 5.92 Å². The molecule has 35 heavy (non-hydrogen) atoms. The fraction of sp³-hybridized carbons (Fsp3) is 0.500. The topological polar surface area (TPSA) is 141 Å². The first-order valence-electron chi connectivity index (χ1n) is 11.0. The quantitative estimate of drug-likeness (QED) is 0.336. The number of alkyl halides is 3. The van der Waals surface area contributed by atoms with Gasteiger partial charge < -0.3 is 20.5 Å². The van der Waals surface area contributed by atoms with Gasteiger partial charge in [-0.05, 0) is 30.0 Å². The Hall–Kier alpha value is -2.77. The molecule has 2 atom stereocenters. The number of H-pyrrole nitrogens is 1. The molecule has 1 aromatic carbocycles. The van der Waals surface area contributed by atoms with Gasteiger partial charge in [-0.3, -0.25) is 0 Å². The first kappa shape index (κ1) is 26.8. The van der Waals surface area contributed by atoms with Crippen molar-refractivity contribution in [3.05, 3.63) is 41.0 Å². The molecule has 0 spiro atoms. The lowest BCUT2D eigenvalue weighted by atomic mass is 10.0. The second kappa shape index (κ2) is 10.1. The van der Waals surface area contributed by atoms with Crippen molar-refractivity contribution in [2.45, 2.75) is 63.4 Å². The molecular formula is C22H28F3N5O4S. The molecule has 0 aliphatic rings. The first-order valence-corrected chi connectivity index (χ1v) is 12.9. The molecule has 13 heteroatoms. The summed E-state index contributed by atoms with van der Waals surface area (Å²) in [5, 5.41) is 22.6. The molecule has 2 unspecified atom stereocenters. The summed E-state index contributed by atoms with van der Waals surface area (Å²) >= 11 is 0. The highest BCUT2D eigenvalue weighted by molar-refractivity contribution is 7.90. The Morgan fingerprint density at radius 3 is 2.43 bits per heavy atom. The van der Waals surface area contributed by atoms with E-state index in [1.54, 1.807) is 6.92 Å². The van der Waals surface area contributed by atoms with Crippen molar-refractivity contribution in [2.75, 3.05) is 11.6 Å². The molecule has 3 rings (SSSR count).